The minimum atomic E-state index is 0.806. The summed E-state index contributed by atoms with van der Waals surface area (Å²) < 4.78 is 1.81. The van der Waals surface area contributed by atoms with Gasteiger partial charge in [0.2, 0.25) is 0 Å². The van der Waals surface area contributed by atoms with Crippen molar-refractivity contribution < 1.29 is 4.58 Å². The van der Waals surface area contributed by atoms with Gasteiger partial charge in [-0.1, -0.05) is 0 Å². The molecule has 0 aromatic heterocycles. The highest BCUT2D eigenvalue weighted by atomic mass is 14.9. The van der Waals surface area contributed by atoms with Gasteiger partial charge in [-0.05, 0) is 0 Å². The Bertz CT molecular complexity index is 76.1. The Labute approximate surface area is 44.0 Å². The van der Waals surface area contributed by atoms with Gasteiger partial charge >= 0.3 is 0 Å². The second-order valence-corrected chi connectivity index (χ2v) is 1.57. The smallest absolute Gasteiger partial charge is 0.146 e. The fraction of sp³-hybridized carbons (Fsp3) is 0.600. The van der Waals surface area contributed by atoms with Crippen LogP contribution in [0.3, 0.4) is 0 Å². The monoisotopic (exact) mass is 99.1 g/mol. The standard InChI is InChI=1S/C5H11N2/c1-7(2)5-3-4-6/h4,6H,1,3,5H2,2H3/q+1. The zero-order valence-corrected chi connectivity index (χ0v) is 4.65. The van der Waals surface area contributed by atoms with Gasteiger partial charge in [-0.2, -0.15) is 0 Å². The maximum atomic E-state index is 6.62. The summed E-state index contributed by atoms with van der Waals surface area (Å²) in [6.45, 7) is 4.48. The lowest BCUT2D eigenvalue weighted by Gasteiger charge is -1.85. The predicted octanol–water partition coefficient (Wildman–Crippen LogP) is 0.369. The molecule has 2 nitrogen and oxygen atoms in total. The minimum Gasteiger partial charge on any atom is -0.313 e. The van der Waals surface area contributed by atoms with Crippen molar-refractivity contribution >= 4 is 12.9 Å². The lowest BCUT2D eigenvalue weighted by atomic mass is 10.5. The Morgan fingerprint density at radius 1 is 1.86 bits per heavy atom. The van der Waals surface area contributed by atoms with Gasteiger partial charge in [0.15, 0.2) is 0 Å². The van der Waals surface area contributed by atoms with Crippen LogP contribution in [0.4, 0.5) is 0 Å². The average Bonchev–Trinajstić information content (AvgIpc) is 1.61. The summed E-state index contributed by atoms with van der Waals surface area (Å²) in [6.07, 6.45) is 2.20. The molecule has 1 N–H and O–H groups in total. The Hall–Kier alpha value is -0.660. The molecule has 0 radical (unpaired) electrons. The molecule has 0 atom stereocenters. The van der Waals surface area contributed by atoms with E-state index in [0.717, 1.165) is 13.0 Å². The first-order valence-corrected chi connectivity index (χ1v) is 2.28. The molecule has 0 aliphatic carbocycles. The summed E-state index contributed by atoms with van der Waals surface area (Å²) >= 11 is 0. The molecular formula is C5H11N2+. The van der Waals surface area contributed by atoms with Crippen LogP contribution in [0.2, 0.25) is 0 Å². The molecule has 0 bridgehead atoms. The van der Waals surface area contributed by atoms with Crippen molar-refractivity contribution in [2.75, 3.05) is 13.6 Å². The van der Waals surface area contributed by atoms with Crippen molar-refractivity contribution in [2.24, 2.45) is 0 Å². The summed E-state index contributed by atoms with van der Waals surface area (Å²) in [5.74, 6) is 0. The normalized spacial score (nSPS) is 8.14. The quantitative estimate of drug-likeness (QED) is 0.391. The van der Waals surface area contributed by atoms with Gasteiger partial charge in [0.1, 0.15) is 20.3 Å². The number of hydrogen-bond acceptors (Lipinski definition) is 1. The maximum absolute atomic E-state index is 6.62. The molecule has 0 aliphatic heterocycles. The zero-order valence-electron chi connectivity index (χ0n) is 4.65. The molecule has 0 rings (SSSR count). The highest BCUT2D eigenvalue weighted by Gasteiger charge is 1.84. The van der Waals surface area contributed by atoms with Crippen molar-refractivity contribution in [1.29, 1.82) is 5.41 Å². The van der Waals surface area contributed by atoms with Gasteiger partial charge in [-0.25, -0.2) is 4.58 Å². The van der Waals surface area contributed by atoms with E-state index in [4.69, 9.17) is 5.41 Å². The first-order valence-electron chi connectivity index (χ1n) is 2.28. The highest BCUT2D eigenvalue weighted by molar-refractivity contribution is 5.52. The van der Waals surface area contributed by atoms with Crippen molar-refractivity contribution in [2.45, 2.75) is 6.42 Å². The summed E-state index contributed by atoms with van der Waals surface area (Å²) in [5, 5.41) is 6.62. The fourth-order valence-corrected chi connectivity index (χ4v) is 0.285. The summed E-state index contributed by atoms with van der Waals surface area (Å²) in [7, 11) is 1.89. The lowest BCUT2D eigenvalue weighted by molar-refractivity contribution is -0.486. The minimum absolute atomic E-state index is 0.806. The molecule has 0 heterocycles. The first kappa shape index (κ1) is 6.34. The number of nitrogens with one attached hydrogen (secondary N) is 1. The van der Waals surface area contributed by atoms with Crippen LogP contribution >= 0.6 is 0 Å². The van der Waals surface area contributed by atoms with Crippen LogP contribution in [-0.4, -0.2) is 31.1 Å². The van der Waals surface area contributed by atoms with Crippen LogP contribution < -0.4 is 0 Å². The third-order valence-corrected chi connectivity index (χ3v) is 0.655. The van der Waals surface area contributed by atoms with Crippen molar-refractivity contribution in [3.63, 3.8) is 0 Å². The van der Waals surface area contributed by atoms with E-state index in [-0.39, 0.29) is 0 Å². The second kappa shape index (κ2) is 3.53. The molecule has 7 heavy (non-hydrogen) atoms. The molecule has 0 unspecified atom stereocenters. The van der Waals surface area contributed by atoms with Crippen molar-refractivity contribution in [3.05, 3.63) is 0 Å². The number of rotatable bonds is 3. The zero-order chi connectivity index (χ0) is 5.70. The third-order valence-electron chi connectivity index (χ3n) is 0.655. The van der Waals surface area contributed by atoms with Gasteiger partial charge in [0.25, 0.3) is 0 Å². The number of hydrogen-bond donors (Lipinski definition) is 1. The molecule has 40 valence electrons. The molecule has 0 fully saturated rings. The summed E-state index contributed by atoms with van der Waals surface area (Å²) in [4.78, 5) is 0. The van der Waals surface area contributed by atoms with Crippen LogP contribution in [0, 0.1) is 5.41 Å². The van der Waals surface area contributed by atoms with Crippen molar-refractivity contribution in [3.8, 4) is 0 Å². The third kappa shape index (κ3) is 5.34. The Morgan fingerprint density at radius 2 is 2.43 bits per heavy atom. The molecule has 0 aliphatic rings. The van der Waals surface area contributed by atoms with E-state index < -0.39 is 0 Å². The Morgan fingerprint density at radius 3 is 2.57 bits per heavy atom. The van der Waals surface area contributed by atoms with Gasteiger partial charge in [0, 0.05) is 12.6 Å². The second-order valence-electron chi connectivity index (χ2n) is 1.57. The summed E-state index contributed by atoms with van der Waals surface area (Å²) in [6, 6.07) is 0. The van der Waals surface area contributed by atoms with E-state index in [9.17, 15) is 0 Å². The maximum Gasteiger partial charge on any atom is 0.146 e. The van der Waals surface area contributed by atoms with Crippen LogP contribution in [0.1, 0.15) is 6.42 Å². The highest BCUT2D eigenvalue weighted by Crippen LogP contribution is 1.68. The van der Waals surface area contributed by atoms with Gasteiger partial charge in [-0.15, -0.1) is 0 Å². The summed E-state index contributed by atoms with van der Waals surface area (Å²) in [5.41, 5.74) is 0. The molecule has 0 amide bonds. The van der Waals surface area contributed by atoms with E-state index in [1.54, 1.807) is 0 Å². The van der Waals surface area contributed by atoms with E-state index in [1.165, 1.54) is 6.21 Å². The van der Waals surface area contributed by atoms with Gasteiger partial charge in [0.05, 0.1) is 0 Å². The largest absolute Gasteiger partial charge is 0.313 e. The predicted molar refractivity (Wildman–Crippen MR) is 31.6 cm³/mol. The SMILES string of the molecule is C=[N+](C)CCC=N. The average molecular weight is 99.2 g/mol. The Kier molecular flexibility index (Phi) is 3.19. The van der Waals surface area contributed by atoms with Crippen molar-refractivity contribution in [1.82, 2.24) is 0 Å². The Balaban J connectivity index is 2.97. The molecule has 0 aromatic rings. The first-order chi connectivity index (χ1) is 3.27. The van der Waals surface area contributed by atoms with E-state index in [1.807, 2.05) is 11.6 Å². The molecule has 0 aromatic carbocycles. The fourth-order valence-electron chi connectivity index (χ4n) is 0.285. The van der Waals surface area contributed by atoms with E-state index in [2.05, 4.69) is 6.72 Å². The van der Waals surface area contributed by atoms with Crippen LogP contribution in [0.5, 0.6) is 0 Å². The van der Waals surface area contributed by atoms with Gasteiger partial charge in [-0.3, -0.25) is 0 Å². The van der Waals surface area contributed by atoms with E-state index >= 15 is 0 Å². The molecule has 0 saturated carbocycles. The molecule has 0 spiro atoms. The topological polar surface area (TPSA) is 26.9 Å². The van der Waals surface area contributed by atoms with Gasteiger partial charge < -0.3 is 5.41 Å². The number of nitrogens with zero attached hydrogens (tertiary/aromatic N) is 1. The van der Waals surface area contributed by atoms with Crippen LogP contribution in [0.15, 0.2) is 0 Å². The van der Waals surface area contributed by atoms with Crippen LogP contribution in [0.25, 0.3) is 0 Å². The molecule has 0 saturated heterocycles. The van der Waals surface area contributed by atoms with Crippen LogP contribution in [-0.2, 0) is 0 Å². The molecule has 2 heteroatoms. The lowest BCUT2D eigenvalue weighted by Crippen LogP contribution is -2.03. The van der Waals surface area contributed by atoms with E-state index in [0.29, 0.717) is 0 Å². The molecular weight excluding hydrogens is 88.1 g/mol.